The zero-order chi connectivity index (χ0) is 13.8. The highest BCUT2D eigenvalue weighted by atomic mass is 15.0. The quantitative estimate of drug-likeness (QED) is 0.925. The molecular weight excluding hydrogens is 246 g/mol. The monoisotopic (exact) mass is 269 g/mol. The van der Waals surface area contributed by atoms with E-state index in [9.17, 15) is 0 Å². The maximum Gasteiger partial charge on any atom is 0.0949 e. The third-order valence-corrected chi connectivity index (χ3v) is 4.26. The molecule has 1 aliphatic heterocycles. The second-order valence-corrected chi connectivity index (χ2v) is 6.13. The highest BCUT2D eigenvalue weighted by molar-refractivity contribution is 5.17. The number of hydrogen-bond donors (Lipinski definition) is 1. The van der Waals surface area contributed by atoms with E-state index in [0.717, 1.165) is 31.7 Å². The Morgan fingerprint density at radius 1 is 1.30 bits per heavy atom. The molecule has 0 saturated carbocycles. The van der Waals surface area contributed by atoms with Crippen LogP contribution in [0.25, 0.3) is 0 Å². The zero-order valence-corrected chi connectivity index (χ0v) is 12.2. The number of rotatable bonds is 4. The smallest absolute Gasteiger partial charge is 0.0949 e. The van der Waals surface area contributed by atoms with Crippen LogP contribution in [-0.4, -0.2) is 22.6 Å². The minimum Gasteiger partial charge on any atom is -0.337 e. The van der Waals surface area contributed by atoms with Crippen LogP contribution in [0.4, 0.5) is 0 Å². The zero-order valence-electron chi connectivity index (χ0n) is 12.2. The molecule has 0 aliphatic carbocycles. The van der Waals surface area contributed by atoms with Gasteiger partial charge in [0.25, 0.3) is 0 Å². The fourth-order valence-electron chi connectivity index (χ4n) is 3.35. The highest BCUT2D eigenvalue weighted by Gasteiger charge is 2.32. The van der Waals surface area contributed by atoms with Crippen molar-refractivity contribution in [2.75, 3.05) is 13.1 Å². The average molecular weight is 269 g/mol. The molecule has 1 fully saturated rings. The first-order valence-electron chi connectivity index (χ1n) is 7.49. The topological polar surface area (TPSA) is 29.9 Å². The van der Waals surface area contributed by atoms with Crippen molar-refractivity contribution in [3.8, 4) is 0 Å². The van der Waals surface area contributed by atoms with Crippen LogP contribution in [-0.2, 0) is 13.0 Å². The maximum atomic E-state index is 4.36. The van der Waals surface area contributed by atoms with Crippen molar-refractivity contribution in [2.24, 2.45) is 5.41 Å². The first kappa shape index (κ1) is 13.4. The van der Waals surface area contributed by atoms with E-state index in [-0.39, 0.29) is 0 Å². The van der Waals surface area contributed by atoms with Crippen molar-refractivity contribution in [3.63, 3.8) is 0 Å². The van der Waals surface area contributed by atoms with Crippen LogP contribution >= 0.6 is 0 Å². The lowest BCUT2D eigenvalue weighted by Crippen LogP contribution is -2.44. The lowest BCUT2D eigenvalue weighted by atomic mass is 9.75. The normalized spacial score (nSPS) is 22.9. The van der Waals surface area contributed by atoms with Gasteiger partial charge in [-0.2, -0.15) is 0 Å². The Balaban J connectivity index is 1.80. The van der Waals surface area contributed by atoms with Crippen LogP contribution < -0.4 is 5.32 Å². The molecule has 0 spiro atoms. The van der Waals surface area contributed by atoms with Crippen molar-refractivity contribution in [3.05, 3.63) is 54.1 Å². The third-order valence-electron chi connectivity index (χ3n) is 4.26. The SMILES string of the molecule is Cc1cn(CC2(Cc3ccccc3)CCCNC2)cn1. The Kier molecular flexibility index (Phi) is 3.88. The molecule has 3 heteroatoms. The molecular formula is C17H23N3. The van der Waals surface area contributed by atoms with Crippen LogP contribution in [0.3, 0.4) is 0 Å². The fraction of sp³-hybridized carbons (Fsp3) is 0.471. The van der Waals surface area contributed by atoms with Crippen LogP contribution in [0.5, 0.6) is 0 Å². The number of nitrogens with one attached hydrogen (secondary N) is 1. The summed E-state index contributed by atoms with van der Waals surface area (Å²) >= 11 is 0. The van der Waals surface area contributed by atoms with E-state index in [0.29, 0.717) is 5.41 Å². The van der Waals surface area contributed by atoms with Crippen LogP contribution in [0.2, 0.25) is 0 Å². The van der Waals surface area contributed by atoms with Gasteiger partial charge in [0.05, 0.1) is 12.0 Å². The molecule has 0 amide bonds. The summed E-state index contributed by atoms with van der Waals surface area (Å²) in [6.07, 6.45) is 7.81. The van der Waals surface area contributed by atoms with Gasteiger partial charge in [0.15, 0.2) is 0 Å². The second kappa shape index (κ2) is 5.80. The summed E-state index contributed by atoms with van der Waals surface area (Å²) in [6.45, 7) is 5.36. The van der Waals surface area contributed by atoms with Crippen LogP contribution in [0.15, 0.2) is 42.9 Å². The molecule has 1 aromatic carbocycles. The number of nitrogens with zero attached hydrogens (tertiary/aromatic N) is 2. The first-order valence-corrected chi connectivity index (χ1v) is 7.49. The molecule has 1 saturated heterocycles. The summed E-state index contributed by atoms with van der Waals surface area (Å²) in [5.41, 5.74) is 2.85. The van der Waals surface area contributed by atoms with Crippen molar-refractivity contribution in [1.82, 2.24) is 14.9 Å². The molecule has 3 nitrogen and oxygen atoms in total. The molecule has 3 rings (SSSR count). The number of aryl methyl sites for hydroxylation is 1. The largest absolute Gasteiger partial charge is 0.337 e. The lowest BCUT2D eigenvalue weighted by molar-refractivity contribution is 0.174. The first-order chi connectivity index (χ1) is 9.76. The van der Waals surface area contributed by atoms with Crippen molar-refractivity contribution in [1.29, 1.82) is 0 Å². The summed E-state index contributed by atoms with van der Waals surface area (Å²) in [4.78, 5) is 4.36. The maximum absolute atomic E-state index is 4.36. The van der Waals surface area contributed by atoms with Crippen LogP contribution in [0.1, 0.15) is 24.1 Å². The third kappa shape index (κ3) is 3.10. The average Bonchev–Trinajstić information content (AvgIpc) is 2.86. The highest BCUT2D eigenvalue weighted by Crippen LogP contribution is 2.32. The van der Waals surface area contributed by atoms with Gasteiger partial charge in [0.1, 0.15) is 0 Å². The Morgan fingerprint density at radius 3 is 2.80 bits per heavy atom. The molecule has 2 heterocycles. The summed E-state index contributed by atoms with van der Waals surface area (Å²) in [5, 5.41) is 3.59. The van der Waals surface area contributed by atoms with Gasteiger partial charge in [-0.1, -0.05) is 30.3 Å². The number of aromatic nitrogens is 2. The molecule has 106 valence electrons. The second-order valence-electron chi connectivity index (χ2n) is 6.13. The molecule has 1 unspecified atom stereocenters. The van der Waals surface area contributed by atoms with Gasteiger partial charge in [-0.3, -0.25) is 0 Å². The molecule has 1 aliphatic rings. The number of imidazole rings is 1. The molecule has 20 heavy (non-hydrogen) atoms. The molecule has 1 N–H and O–H groups in total. The van der Waals surface area contributed by atoms with Gasteiger partial charge in [-0.05, 0) is 38.3 Å². The van der Waals surface area contributed by atoms with Gasteiger partial charge in [-0.15, -0.1) is 0 Å². The van der Waals surface area contributed by atoms with Gasteiger partial charge in [0.2, 0.25) is 0 Å². The van der Waals surface area contributed by atoms with E-state index >= 15 is 0 Å². The minimum atomic E-state index is 0.312. The van der Waals surface area contributed by atoms with Gasteiger partial charge in [-0.25, -0.2) is 4.98 Å². The van der Waals surface area contributed by atoms with E-state index in [2.05, 4.69) is 58.3 Å². The number of piperidine rings is 1. The van der Waals surface area contributed by atoms with Gasteiger partial charge < -0.3 is 9.88 Å². The van der Waals surface area contributed by atoms with E-state index in [1.54, 1.807) is 0 Å². The van der Waals surface area contributed by atoms with E-state index in [1.807, 2.05) is 6.33 Å². The minimum absolute atomic E-state index is 0.312. The van der Waals surface area contributed by atoms with Crippen molar-refractivity contribution >= 4 is 0 Å². The predicted molar refractivity (Wildman–Crippen MR) is 81.6 cm³/mol. The standard InChI is InChI=1S/C17H23N3/c1-15-11-20(14-19-15)13-17(8-5-9-18-12-17)10-16-6-3-2-4-7-16/h2-4,6-7,11,14,18H,5,8-10,12-13H2,1H3. The van der Waals surface area contributed by atoms with Crippen molar-refractivity contribution < 1.29 is 0 Å². The van der Waals surface area contributed by atoms with Gasteiger partial charge in [0, 0.05) is 24.7 Å². The van der Waals surface area contributed by atoms with E-state index in [4.69, 9.17) is 0 Å². The molecule has 2 aromatic rings. The number of benzene rings is 1. The Bertz CT molecular complexity index is 538. The summed E-state index contributed by atoms with van der Waals surface area (Å²) < 4.78 is 2.26. The summed E-state index contributed by atoms with van der Waals surface area (Å²) in [6, 6.07) is 10.9. The van der Waals surface area contributed by atoms with Gasteiger partial charge >= 0.3 is 0 Å². The molecule has 1 atom stereocenters. The molecule has 0 bridgehead atoms. The van der Waals surface area contributed by atoms with Crippen LogP contribution in [0, 0.1) is 12.3 Å². The Morgan fingerprint density at radius 2 is 2.15 bits per heavy atom. The lowest BCUT2D eigenvalue weighted by Gasteiger charge is -2.38. The predicted octanol–water partition coefficient (Wildman–Crippen LogP) is 2.80. The fourth-order valence-corrected chi connectivity index (χ4v) is 3.35. The van der Waals surface area contributed by atoms with E-state index in [1.165, 1.54) is 18.4 Å². The number of hydrogen-bond acceptors (Lipinski definition) is 2. The molecule has 0 radical (unpaired) electrons. The van der Waals surface area contributed by atoms with E-state index < -0.39 is 0 Å². The summed E-state index contributed by atoms with van der Waals surface area (Å²) in [7, 11) is 0. The molecule has 1 aromatic heterocycles. The Hall–Kier alpha value is -1.61. The van der Waals surface area contributed by atoms with Crippen molar-refractivity contribution in [2.45, 2.75) is 32.7 Å². The Labute approximate surface area is 121 Å². The summed E-state index contributed by atoms with van der Waals surface area (Å²) in [5.74, 6) is 0.